The molecule has 1 amide bonds. The van der Waals surface area contributed by atoms with Crippen molar-refractivity contribution in [3.63, 3.8) is 0 Å². The smallest absolute Gasteiger partial charge is 0.252 e. The summed E-state index contributed by atoms with van der Waals surface area (Å²) in [5.41, 5.74) is 0.908. The Kier molecular flexibility index (Phi) is 6.37. The Hall–Kier alpha value is -1.99. The van der Waals surface area contributed by atoms with Crippen LogP contribution in [0.15, 0.2) is 23.5 Å². The van der Waals surface area contributed by atoms with Gasteiger partial charge >= 0.3 is 0 Å². The maximum absolute atomic E-state index is 11.6. The van der Waals surface area contributed by atoms with Crippen LogP contribution in [0, 0.1) is 0 Å². The van der Waals surface area contributed by atoms with Crippen molar-refractivity contribution in [3.8, 4) is 0 Å². The van der Waals surface area contributed by atoms with Crippen molar-refractivity contribution in [2.75, 3.05) is 26.2 Å². The van der Waals surface area contributed by atoms with Crippen LogP contribution in [-0.4, -0.2) is 53.7 Å². The number of pyridine rings is 1. The minimum atomic E-state index is -0.221. The van der Waals surface area contributed by atoms with Gasteiger partial charge in [-0.3, -0.25) is 9.78 Å². The molecule has 0 fully saturated rings. The van der Waals surface area contributed by atoms with Gasteiger partial charge < -0.3 is 20.9 Å². The maximum Gasteiger partial charge on any atom is 0.252 e. The second-order valence-corrected chi connectivity index (χ2v) is 3.45. The Balaban J connectivity index is 2.37. The number of nitrogens with one attached hydrogen (secondary N) is 2. The zero-order chi connectivity index (χ0) is 13.2. The van der Waals surface area contributed by atoms with Crippen molar-refractivity contribution in [3.05, 3.63) is 29.6 Å². The average molecular weight is 252 g/mol. The first-order chi connectivity index (χ1) is 8.77. The highest BCUT2D eigenvalue weighted by molar-refractivity contribution is 5.94. The molecule has 0 saturated carbocycles. The van der Waals surface area contributed by atoms with E-state index in [0.717, 1.165) is 0 Å². The molecule has 0 radical (unpaired) electrons. The number of rotatable bonds is 7. The van der Waals surface area contributed by atoms with Crippen molar-refractivity contribution in [2.24, 2.45) is 5.16 Å². The van der Waals surface area contributed by atoms with Crippen molar-refractivity contribution in [2.45, 2.75) is 0 Å². The number of oxime groups is 1. The average Bonchev–Trinajstić information content (AvgIpc) is 2.39. The van der Waals surface area contributed by atoms with Gasteiger partial charge in [0.05, 0.1) is 24.1 Å². The number of hydrogen-bond donors (Lipinski definition) is 4. The minimum Gasteiger partial charge on any atom is -0.411 e. The molecule has 7 nitrogen and oxygen atoms in total. The Morgan fingerprint density at radius 3 is 2.83 bits per heavy atom. The lowest BCUT2D eigenvalue weighted by atomic mass is 10.2. The number of carbonyl (C=O) groups excluding carboxylic acids is 1. The summed E-state index contributed by atoms with van der Waals surface area (Å²) in [5, 5.41) is 25.3. The normalized spacial score (nSPS) is 10.7. The summed E-state index contributed by atoms with van der Waals surface area (Å²) in [6.07, 6.45) is 2.59. The molecule has 0 aromatic carbocycles. The molecule has 18 heavy (non-hydrogen) atoms. The van der Waals surface area contributed by atoms with Crippen LogP contribution >= 0.6 is 0 Å². The van der Waals surface area contributed by atoms with Crippen molar-refractivity contribution >= 4 is 12.1 Å². The van der Waals surface area contributed by atoms with Gasteiger partial charge in [-0.25, -0.2) is 0 Å². The molecule has 0 atom stereocenters. The van der Waals surface area contributed by atoms with Crippen molar-refractivity contribution < 1.29 is 15.1 Å². The number of amides is 1. The summed E-state index contributed by atoms with van der Waals surface area (Å²) < 4.78 is 0. The Labute approximate surface area is 105 Å². The van der Waals surface area contributed by atoms with Crippen LogP contribution in [0.2, 0.25) is 0 Å². The predicted molar refractivity (Wildman–Crippen MR) is 65.9 cm³/mol. The van der Waals surface area contributed by atoms with Crippen LogP contribution < -0.4 is 10.6 Å². The second kappa shape index (κ2) is 8.15. The third-order valence-corrected chi connectivity index (χ3v) is 2.11. The third-order valence-electron chi connectivity index (χ3n) is 2.11. The topological polar surface area (TPSA) is 107 Å². The van der Waals surface area contributed by atoms with E-state index in [2.05, 4.69) is 20.8 Å². The highest BCUT2D eigenvalue weighted by atomic mass is 16.4. The number of carbonyl (C=O) groups is 1. The molecule has 0 aliphatic heterocycles. The monoisotopic (exact) mass is 252 g/mol. The second-order valence-electron chi connectivity index (χ2n) is 3.45. The summed E-state index contributed by atoms with van der Waals surface area (Å²) in [4.78, 5) is 15.6. The van der Waals surface area contributed by atoms with Crippen molar-refractivity contribution in [1.29, 1.82) is 0 Å². The van der Waals surface area contributed by atoms with Crippen LogP contribution in [-0.2, 0) is 0 Å². The molecule has 0 spiro atoms. The molecule has 0 bridgehead atoms. The Bertz CT molecular complexity index is 392. The lowest BCUT2D eigenvalue weighted by molar-refractivity contribution is 0.0953. The van der Waals surface area contributed by atoms with Gasteiger partial charge in [0.25, 0.3) is 5.91 Å². The fourth-order valence-electron chi connectivity index (χ4n) is 1.25. The molecular formula is C11H16N4O3. The lowest BCUT2D eigenvalue weighted by Crippen LogP contribution is -2.32. The third kappa shape index (κ3) is 4.89. The predicted octanol–water partition coefficient (Wildman–Crippen LogP) is -0.799. The molecule has 1 rings (SSSR count). The molecule has 98 valence electrons. The van der Waals surface area contributed by atoms with Gasteiger partial charge in [0.1, 0.15) is 0 Å². The fourth-order valence-corrected chi connectivity index (χ4v) is 1.25. The molecule has 0 saturated heterocycles. The van der Waals surface area contributed by atoms with E-state index in [9.17, 15) is 4.79 Å². The summed E-state index contributed by atoms with van der Waals surface area (Å²) >= 11 is 0. The Morgan fingerprint density at radius 1 is 1.39 bits per heavy atom. The van der Waals surface area contributed by atoms with Crippen LogP contribution in [0.3, 0.4) is 0 Å². The van der Waals surface area contributed by atoms with Gasteiger partial charge in [-0.2, -0.15) is 0 Å². The quantitative estimate of drug-likeness (QED) is 0.220. The molecule has 0 aliphatic rings. The van der Waals surface area contributed by atoms with Gasteiger partial charge in [-0.1, -0.05) is 5.16 Å². The van der Waals surface area contributed by atoms with E-state index in [0.29, 0.717) is 30.9 Å². The van der Waals surface area contributed by atoms with Crippen molar-refractivity contribution in [1.82, 2.24) is 15.6 Å². The fraction of sp³-hybridized carbons (Fsp3) is 0.364. The van der Waals surface area contributed by atoms with E-state index in [4.69, 9.17) is 10.3 Å². The van der Waals surface area contributed by atoms with Gasteiger partial charge in [0.2, 0.25) is 0 Å². The van der Waals surface area contributed by atoms with Crippen LogP contribution in [0.25, 0.3) is 0 Å². The van der Waals surface area contributed by atoms with E-state index in [-0.39, 0.29) is 12.5 Å². The highest BCUT2D eigenvalue weighted by Crippen LogP contribution is 1.98. The zero-order valence-electron chi connectivity index (χ0n) is 9.83. The summed E-state index contributed by atoms with van der Waals surface area (Å²) in [6.45, 7) is 1.64. The highest BCUT2D eigenvalue weighted by Gasteiger charge is 2.04. The van der Waals surface area contributed by atoms with Gasteiger partial charge in [-0.15, -0.1) is 0 Å². The summed E-state index contributed by atoms with van der Waals surface area (Å²) in [5.74, 6) is -0.221. The van der Waals surface area contributed by atoms with E-state index in [1.54, 1.807) is 12.1 Å². The van der Waals surface area contributed by atoms with Crippen LogP contribution in [0.5, 0.6) is 0 Å². The number of hydrogen-bond acceptors (Lipinski definition) is 6. The number of aromatic nitrogens is 1. The SMILES string of the molecule is O=C(NCCNCCO)c1ccc(C=NO)nc1. The largest absolute Gasteiger partial charge is 0.411 e. The summed E-state index contributed by atoms with van der Waals surface area (Å²) in [7, 11) is 0. The molecule has 0 aliphatic carbocycles. The number of aliphatic hydroxyl groups is 1. The molecule has 1 heterocycles. The molecule has 1 aromatic rings. The van der Waals surface area contributed by atoms with E-state index >= 15 is 0 Å². The molecule has 1 aromatic heterocycles. The van der Waals surface area contributed by atoms with E-state index in [1.807, 2.05) is 0 Å². The molecule has 7 heteroatoms. The number of nitrogens with zero attached hydrogens (tertiary/aromatic N) is 2. The standard InChI is InChI=1S/C11H16N4O3/c16-6-5-12-3-4-13-11(17)9-1-2-10(8-15-18)14-7-9/h1-2,7-8,12,16,18H,3-6H2,(H,13,17). The van der Waals surface area contributed by atoms with Crippen LogP contribution in [0.4, 0.5) is 0 Å². The van der Waals surface area contributed by atoms with E-state index in [1.165, 1.54) is 12.4 Å². The lowest BCUT2D eigenvalue weighted by Gasteiger charge is -2.05. The van der Waals surface area contributed by atoms with Gasteiger partial charge in [0, 0.05) is 25.8 Å². The minimum absolute atomic E-state index is 0.0751. The van der Waals surface area contributed by atoms with Gasteiger partial charge in [-0.05, 0) is 12.1 Å². The number of aliphatic hydroxyl groups excluding tert-OH is 1. The first kappa shape index (κ1) is 14.1. The first-order valence-corrected chi connectivity index (χ1v) is 5.51. The summed E-state index contributed by atoms with van der Waals surface area (Å²) in [6, 6.07) is 3.18. The van der Waals surface area contributed by atoms with E-state index < -0.39 is 0 Å². The molecule has 4 N–H and O–H groups in total. The maximum atomic E-state index is 11.6. The zero-order valence-corrected chi connectivity index (χ0v) is 9.83. The first-order valence-electron chi connectivity index (χ1n) is 5.51. The van der Waals surface area contributed by atoms with Crippen LogP contribution in [0.1, 0.15) is 16.1 Å². The molecule has 0 unspecified atom stereocenters. The van der Waals surface area contributed by atoms with Gasteiger partial charge in [0.15, 0.2) is 0 Å². The Morgan fingerprint density at radius 2 is 2.22 bits per heavy atom. The molecular weight excluding hydrogens is 236 g/mol.